The monoisotopic (exact) mass is 439 g/mol. The Morgan fingerprint density at radius 1 is 1.32 bits per heavy atom. The van der Waals surface area contributed by atoms with Crippen LogP contribution in [0, 0.1) is 0 Å². The van der Waals surface area contributed by atoms with E-state index >= 15 is 0 Å². The van der Waals surface area contributed by atoms with Crippen molar-refractivity contribution in [2.45, 2.75) is 70.2 Å². The molecule has 31 heavy (non-hydrogen) atoms. The summed E-state index contributed by atoms with van der Waals surface area (Å²) in [4.78, 5) is 18.8. The maximum absolute atomic E-state index is 13.9. The van der Waals surface area contributed by atoms with Crippen LogP contribution in [0.3, 0.4) is 0 Å². The number of aromatic amines is 1. The van der Waals surface area contributed by atoms with Crippen molar-refractivity contribution in [2.24, 2.45) is 0 Å². The molecule has 10 heteroatoms. The number of ether oxygens (including phenoxy) is 1. The molecule has 7 nitrogen and oxygen atoms in total. The Kier molecular flexibility index (Phi) is 6.09. The van der Waals surface area contributed by atoms with E-state index in [2.05, 4.69) is 20.5 Å². The number of nitrogens with one attached hydrogen (secondary N) is 2. The van der Waals surface area contributed by atoms with Crippen LogP contribution < -0.4 is 5.32 Å². The van der Waals surface area contributed by atoms with Crippen molar-refractivity contribution in [1.82, 2.24) is 20.1 Å². The number of anilines is 1. The number of carbonyl (C=O) groups excluding carboxylic acids is 1. The molecular weight excluding hydrogens is 411 g/mol. The summed E-state index contributed by atoms with van der Waals surface area (Å²) in [6.07, 6.45) is -1.09. The van der Waals surface area contributed by atoms with Gasteiger partial charge in [-0.05, 0) is 45.6 Å². The molecule has 4 rings (SSSR count). The molecule has 170 valence electrons. The maximum atomic E-state index is 13.9. The van der Waals surface area contributed by atoms with Crippen LogP contribution in [0.5, 0.6) is 0 Å². The number of amides is 1. The molecule has 2 aromatic heterocycles. The number of pyridine rings is 1. The molecule has 0 radical (unpaired) electrons. The highest BCUT2D eigenvalue weighted by Crippen LogP contribution is 2.39. The van der Waals surface area contributed by atoms with Gasteiger partial charge >= 0.3 is 6.18 Å². The highest BCUT2D eigenvalue weighted by atomic mass is 19.4. The second kappa shape index (κ2) is 8.64. The predicted molar refractivity (Wildman–Crippen MR) is 110 cm³/mol. The van der Waals surface area contributed by atoms with E-state index in [9.17, 15) is 18.0 Å². The number of piperidine rings is 1. The van der Waals surface area contributed by atoms with Crippen molar-refractivity contribution in [3.63, 3.8) is 0 Å². The SMILES string of the molecule is CC(C)Nc1n[nH]c2nc(C3CCN(C(=O)C[C@H]4CCCO4)CC3)cc(C(F)(F)F)c12. The minimum absolute atomic E-state index is 0.00216. The molecule has 0 aliphatic carbocycles. The highest BCUT2D eigenvalue weighted by Gasteiger charge is 2.37. The van der Waals surface area contributed by atoms with Gasteiger partial charge < -0.3 is 15.0 Å². The summed E-state index contributed by atoms with van der Waals surface area (Å²) in [6.45, 7) is 5.41. The first-order valence-corrected chi connectivity index (χ1v) is 10.8. The van der Waals surface area contributed by atoms with E-state index in [-0.39, 0.29) is 40.8 Å². The number of likely N-dealkylation sites (tertiary alicyclic amines) is 1. The number of hydrogen-bond acceptors (Lipinski definition) is 5. The molecule has 0 unspecified atom stereocenters. The van der Waals surface area contributed by atoms with Crippen LogP contribution in [0.2, 0.25) is 0 Å². The van der Waals surface area contributed by atoms with Crippen LogP contribution in [0.15, 0.2) is 6.07 Å². The minimum atomic E-state index is -4.52. The molecule has 2 aliphatic heterocycles. The van der Waals surface area contributed by atoms with Crippen LogP contribution in [0.1, 0.15) is 63.1 Å². The van der Waals surface area contributed by atoms with Gasteiger partial charge in [0.15, 0.2) is 11.5 Å². The van der Waals surface area contributed by atoms with Gasteiger partial charge in [-0.25, -0.2) is 4.98 Å². The van der Waals surface area contributed by atoms with Crippen molar-refractivity contribution in [2.75, 3.05) is 25.0 Å². The summed E-state index contributed by atoms with van der Waals surface area (Å²) in [7, 11) is 0. The zero-order valence-corrected chi connectivity index (χ0v) is 17.8. The van der Waals surface area contributed by atoms with E-state index < -0.39 is 11.7 Å². The quantitative estimate of drug-likeness (QED) is 0.734. The van der Waals surface area contributed by atoms with Gasteiger partial charge in [0.1, 0.15) is 0 Å². The number of fused-ring (bicyclic) bond motifs is 1. The van der Waals surface area contributed by atoms with Gasteiger partial charge in [-0.2, -0.15) is 18.3 Å². The van der Waals surface area contributed by atoms with Gasteiger partial charge in [0.25, 0.3) is 0 Å². The zero-order chi connectivity index (χ0) is 22.2. The highest BCUT2D eigenvalue weighted by molar-refractivity contribution is 5.91. The molecule has 0 bridgehead atoms. The Balaban J connectivity index is 1.51. The Morgan fingerprint density at radius 3 is 2.68 bits per heavy atom. The summed E-state index contributed by atoms with van der Waals surface area (Å²) < 4.78 is 47.1. The van der Waals surface area contributed by atoms with Crippen molar-refractivity contribution in [1.29, 1.82) is 0 Å². The van der Waals surface area contributed by atoms with E-state index in [4.69, 9.17) is 4.74 Å². The molecule has 0 saturated carbocycles. The Labute approximate surface area is 178 Å². The van der Waals surface area contributed by atoms with Crippen LogP contribution in [-0.2, 0) is 15.7 Å². The van der Waals surface area contributed by atoms with Gasteiger partial charge in [0, 0.05) is 37.4 Å². The lowest BCUT2D eigenvalue weighted by Crippen LogP contribution is -2.39. The van der Waals surface area contributed by atoms with E-state index in [0.29, 0.717) is 44.7 Å². The first-order valence-electron chi connectivity index (χ1n) is 10.8. The fourth-order valence-corrected chi connectivity index (χ4v) is 4.41. The molecule has 2 aromatic rings. The number of hydrogen-bond donors (Lipinski definition) is 2. The van der Waals surface area contributed by atoms with Crippen LogP contribution in [-0.4, -0.2) is 57.8 Å². The second-order valence-electron chi connectivity index (χ2n) is 8.68. The number of halogens is 3. The molecule has 2 fully saturated rings. The molecule has 0 aromatic carbocycles. The smallest absolute Gasteiger partial charge is 0.378 e. The Hall–Kier alpha value is -2.36. The number of rotatable bonds is 5. The Morgan fingerprint density at radius 2 is 2.06 bits per heavy atom. The number of alkyl halides is 3. The molecule has 1 amide bonds. The molecule has 2 saturated heterocycles. The van der Waals surface area contributed by atoms with Crippen LogP contribution >= 0.6 is 0 Å². The van der Waals surface area contributed by atoms with Crippen molar-refractivity contribution >= 4 is 22.8 Å². The van der Waals surface area contributed by atoms with Gasteiger partial charge in [0.05, 0.1) is 23.5 Å². The third kappa shape index (κ3) is 4.78. The summed E-state index contributed by atoms with van der Waals surface area (Å²) in [5.41, 5.74) is -0.211. The standard InChI is InChI=1S/C21H28F3N5O2/c1-12(2)25-19-18-15(21(22,23)24)11-16(26-20(18)28-27-19)13-5-7-29(8-6-13)17(30)10-14-4-3-9-31-14/h11-14H,3-10H2,1-2H3,(H2,25,26,27,28)/t14-/m1/s1. The minimum Gasteiger partial charge on any atom is -0.378 e. The van der Waals surface area contributed by atoms with E-state index in [1.807, 2.05) is 13.8 Å². The van der Waals surface area contributed by atoms with Crippen LogP contribution in [0.4, 0.5) is 19.0 Å². The number of aromatic nitrogens is 3. The second-order valence-corrected chi connectivity index (χ2v) is 8.68. The van der Waals surface area contributed by atoms with Crippen molar-refractivity contribution in [3.8, 4) is 0 Å². The fourth-order valence-electron chi connectivity index (χ4n) is 4.41. The Bertz CT molecular complexity index is 929. The van der Waals surface area contributed by atoms with Gasteiger partial charge in [-0.1, -0.05) is 0 Å². The lowest BCUT2D eigenvalue weighted by atomic mass is 9.91. The van der Waals surface area contributed by atoms with E-state index in [1.54, 1.807) is 4.90 Å². The summed E-state index contributed by atoms with van der Waals surface area (Å²) in [6, 6.07) is 1.08. The summed E-state index contributed by atoms with van der Waals surface area (Å²) in [5.74, 6) is 0.0794. The first-order chi connectivity index (χ1) is 14.7. The van der Waals surface area contributed by atoms with Crippen molar-refractivity contribution < 1.29 is 22.7 Å². The van der Waals surface area contributed by atoms with Gasteiger partial charge in [-0.15, -0.1) is 0 Å². The maximum Gasteiger partial charge on any atom is 0.417 e. The normalized spacial score (nSPS) is 20.7. The topological polar surface area (TPSA) is 83.1 Å². The molecule has 2 aliphatic rings. The molecular formula is C21H28F3N5O2. The average Bonchev–Trinajstić information content (AvgIpc) is 3.36. The molecule has 1 atom stereocenters. The third-order valence-electron chi connectivity index (χ3n) is 5.97. The molecule has 0 spiro atoms. The first kappa shape index (κ1) is 21.9. The van der Waals surface area contributed by atoms with Crippen molar-refractivity contribution in [3.05, 3.63) is 17.3 Å². The number of H-pyrrole nitrogens is 1. The number of nitrogens with zero attached hydrogens (tertiary/aromatic N) is 3. The van der Waals surface area contributed by atoms with Crippen LogP contribution in [0.25, 0.3) is 11.0 Å². The largest absolute Gasteiger partial charge is 0.417 e. The third-order valence-corrected chi connectivity index (χ3v) is 5.97. The average molecular weight is 439 g/mol. The van der Waals surface area contributed by atoms with E-state index in [1.165, 1.54) is 0 Å². The van der Waals surface area contributed by atoms with Gasteiger partial charge in [0.2, 0.25) is 5.91 Å². The van der Waals surface area contributed by atoms with E-state index in [0.717, 1.165) is 18.9 Å². The predicted octanol–water partition coefficient (Wildman–Crippen LogP) is 4.07. The lowest BCUT2D eigenvalue weighted by molar-refractivity contribution is -0.136. The number of carbonyl (C=O) groups is 1. The van der Waals surface area contributed by atoms with Gasteiger partial charge in [-0.3, -0.25) is 9.89 Å². The zero-order valence-electron chi connectivity index (χ0n) is 17.8. The molecule has 4 heterocycles. The fraction of sp³-hybridized carbons (Fsp3) is 0.667. The summed E-state index contributed by atoms with van der Waals surface area (Å²) in [5, 5.41) is 9.58. The lowest BCUT2D eigenvalue weighted by Gasteiger charge is -2.32. The summed E-state index contributed by atoms with van der Waals surface area (Å²) >= 11 is 0. The molecule has 2 N–H and O–H groups in total.